The first kappa shape index (κ1) is 15.0. The molecule has 18 heavy (non-hydrogen) atoms. The third kappa shape index (κ3) is 3.45. The summed E-state index contributed by atoms with van der Waals surface area (Å²) in [6.45, 7) is 3.72. The number of rotatable bonds is 4. The molecule has 1 aromatic carbocycles. The van der Waals surface area contributed by atoms with Crippen LogP contribution in [0.15, 0.2) is 18.2 Å². The molecule has 0 aliphatic heterocycles. The van der Waals surface area contributed by atoms with Crippen molar-refractivity contribution in [3.63, 3.8) is 0 Å². The van der Waals surface area contributed by atoms with E-state index in [1.165, 1.54) is 0 Å². The van der Waals surface area contributed by atoms with E-state index >= 15 is 0 Å². The highest BCUT2D eigenvalue weighted by atomic mass is 19.4. The van der Waals surface area contributed by atoms with Crippen LogP contribution in [0.5, 0.6) is 0 Å². The molecule has 5 heteroatoms. The average Bonchev–Trinajstić information content (AvgIpc) is 2.26. The van der Waals surface area contributed by atoms with Crippen molar-refractivity contribution in [2.75, 3.05) is 0 Å². The molecule has 1 nitrogen and oxygen atoms in total. The molecule has 0 amide bonds. The van der Waals surface area contributed by atoms with Gasteiger partial charge in [0.15, 0.2) is 0 Å². The SMILES string of the molecule is CCCC(C)C(O)c1ccc(C(F)(F)F)c(F)c1. The van der Waals surface area contributed by atoms with Crippen LogP contribution in [0.4, 0.5) is 17.6 Å². The molecule has 0 aliphatic carbocycles. The highest BCUT2D eigenvalue weighted by Gasteiger charge is 2.34. The van der Waals surface area contributed by atoms with Crippen molar-refractivity contribution in [1.82, 2.24) is 0 Å². The fraction of sp³-hybridized carbons (Fsp3) is 0.538. The molecule has 1 rings (SSSR count). The van der Waals surface area contributed by atoms with Crippen molar-refractivity contribution in [3.8, 4) is 0 Å². The van der Waals surface area contributed by atoms with Crippen molar-refractivity contribution in [3.05, 3.63) is 35.1 Å². The zero-order chi connectivity index (χ0) is 13.9. The Labute approximate surface area is 103 Å². The maximum Gasteiger partial charge on any atom is 0.419 e. The van der Waals surface area contributed by atoms with Crippen LogP contribution in [-0.2, 0) is 6.18 Å². The minimum Gasteiger partial charge on any atom is -0.388 e. The Balaban J connectivity index is 2.97. The molecule has 0 aromatic heterocycles. The van der Waals surface area contributed by atoms with Gasteiger partial charge in [-0.1, -0.05) is 26.3 Å². The number of hydrogen-bond donors (Lipinski definition) is 1. The first-order valence-electron chi connectivity index (χ1n) is 5.82. The number of hydrogen-bond acceptors (Lipinski definition) is 1. The van der Waals surface area contributed by atoms with E-state index in [2.05, 4.69) is 0 Å². The quantitative estimate of drug-likeness (QED) is 0.803. The lowest BCUT2D eigenvalue weighted by Gasteiger charge is -2.19. The predicted molar refractivity (Wildman–Crippen MR) is 60.4 cm³/mol. The Morgan fingerprint density at radius 1 is 1.28 bits per heavy atom. The summed E-state index contributed by atoms with van der Waals surface area (Å²) in [6.07, 6.45) is -4.07. The predicted octanol–water partition coefficient (Wildman–Crippen LogP) is 4.31. The van der Waals surface area contributed by atoms with Crippen molar-refractivity contribution in [2.45, 2.75) is 39.0 Å². The maximum absolute atomic E-state index is 13.3. The number of alkyl halides is 3. The molecule has 0 heterocycles. The van der Waals surface area contributed by atoms with Crippen LogP contribution in [-0.4, -0.2) is 5.11 Å². The smallest absolute Gasteiger partial charge is 0.388 e. The molecule has 0 radical (unpaired) electrons. The van der Waals surface area contributed by atoms with E-state index < -0.39 is 23.7 Å². The molecule has 2 unspecified atom stereocenters. The van der Waals surface area contributed by atoms with E-state index in [1.807, 2.05) is 6.92 Å². The molecule has 0 spiro atoms. The van der Waals surface area contributed by atoms with E-state index in [0.29, 0.717) is 6.07 Å². The van der Waals surface area contributed by atoms with Gasteiger partial charge in [0, 0.05) is 0 Å². The molecule has 1 N–H and O–H groups in total. The van der Waals surface area contributed by atoms with Crippen LogP contribution < -0.4 is 0 Å². The van der Waals surface area contributed by atoms with Crippen LogP contribution in [0.2, 0.25) is 0 Å². The topological polar surface area (TPSA) is 20.2 Å². The Bertz CT molecular complexity index is 400. The van der Waals surface area contributed by atoms with Crippen LogP contribution in [0, 0.1) is 11.7 Å². The Hall–Kier alpha value is -1.10. The van der Waals surface area contributed by atoms with Gasteiger partial charge >= 0.3 is 6.18 Å². The molecule has 0 bridgehead atoms. The highest BCUT2D eigenvalue weighted by Crippen LogP contribution is 2.33. The number of benzene rings is 1. The summed E-state index contributed by atoms with van der Waals surface area (Å²) in [6, 6.07) is 2.56. The zero-order valence-electron chi connectivity index (χ0n) is 10.3. The largest absolute Gasteiger partial charge is 0.419 e. The summed E-state index contributed by atoms with van der Waals surface area (Å²) in [5.41, 5.74) is -1.12. The van der Waals surface area contributed by atoms with Gasteiger partial charge in [0.25, 0.3) is 0 Å². The van der Waals surface area contributed by atoms with Crippen LogP contribution in [0.3, 0.4) is 0 Å². The Morgan fingerprint density at radius 2 is 1.89 bits per heavy atom. The highest BCUT2D eigenvalue weighted by molar-refractivity contribution is 5.28. The first-order chi connectivity index (χ1) is 8.27. The summed E-state index contributed by atoms with van der Waals surface area (Å²) in [5.74, 6) is -1.46. The van der Waals surface area contributed by atoms with E-state index in [4.69, 9.17) is 0 Å². The van der Waals surface area contributed by atoms with Crippen LogP contribution in [0.25, 0.3) is 0 Å². The molecule has 0 fully saturated rings. The molecular weight excluding hydrogens is 248 g/mol. The van der Waals surface area contributed by atoms with Crippen LogP contribution >= 0.6 is 0 Å². The second-order valence-corrected chi connectivity index (χ2v) is 4.45. The zero-order valence-corrected chi connectivity index (χ0v) is 10.3. The van der Waals surface area contributed by atoms with Crippen molar-refractivity contribution in [1.29, 1.82) is 0 Å². The molecular formula is C13H16F4O. The second-order valence-electron chi connectivity index (χ2n) is 4.45. The third-order valence-electron chi connectivity index (χ3n) is 2.92. The summed E-state index contributed by atoms with van der Waals surface area (Å²) in [4.78, 5) is 0. The number of aliphatic hydroxyl groups is 1. The summed E-state index contributed by atoms with van der Waals surface area (Å²) < 4.78 is 50.4. The Kier molecular flexibility index (Phi) is 4.73. The second kappa shape index (κ2) is 5.69. The monoisotopic (exact) mass is 264 g/mol. The van der Waals surface area contributed by atoms with Crippen molar-refractivity contribution < 1.29 is 22.7 Å². The van der Waals surface area contributed by atoms with E-state index in [9.17, 15) is 22.7 Å². The summed E-state index contributed by atoms with van der Waals surface area (Å²) in [5, 5.41) is 9.89. The van der Waals surface area contributed by atoms with Gasteiger partial charge < -0.3 is 5.11 Å². The van der Waals surface area contributed by atoms with Gasteiger partial charge in [0.1, 0.15) is 5.82 Å². The van der Waals surface area contributed by atoms with Gasteiger partial charge in [-0.05, 0) is 30.0 Å². The van der Waals surface area contributed by atoms with Crippen LogP contribution in [0.1, 0.15) is 43.9 Å². The molecule has 0 aliphatic rings. The van der Waals surface area contributed by atoms with E-state index in [0.717, 1.165) is 25.0 Å². The summed E-state index contributed by atoms with van der Waals surface area (Å²) in [7, 11) is 0. The minimum atomic E-state index is -4.71. The fourth-order valence-corrected chi connectivity index (χ4v) is 1.89. The van der Waals surface area contributed by atoms with Gasteiger partial charge in [-0.2, -0.15) is 13.2 Å². The lowest BCUT2D eigenvalue weighted by Crippen LogP contribution is -2.12. The van der Waals surface area contributed by atoms with E-state index in [-0.39, 0.29) is 11.5 Å². The van der Waals surface area contributed by atoms with Gasteiger partial charge in [-0.15, -0.1) is 0 Å². The average molecular weight is 264 g/mol. The molecule has 2 atom stereocenters. The van der Waals surface area contributed by atoms with Crippen molar-refractivity contribution in [2.24, 2.45) is 5.92 Å². The van der Waals surface area contributed by atoms with Gasteiger partial charge in [0.05, 0.1) is 11.7 Å². The first-order valence-corrected chi connectivity index (χ1v) is 5.82. The third-order valence-corrected chi connectivity index (χ3v) is 2.92. The molecule has 0 saturated heterocycles. The minimum absolute atomic E-state index is 0.119. The molecule has 0 saturated carbocycles. The standard InChI is InChI=1S/C13H16F4O/c1-3-4-8(2)12(18)9-5-6-10(11(14)7-9)13(15,16)17/h5-8,12,18H,3-4H2,1-2H3. The van der Waals surface area contributed by atoms with Gasteiger partial charge in [-0.25, -0.2) is 4.39 Å². The lowest BCUT2D eigenvalue weighted by atomic mass is 9.93. The lowest BCUT2D eigenvalue weighted by molar-refractivity contribution is -0.140. The molecule has 1 aromatic rings. The van der Waals surface area contributed by atoms with Gasteiger partial charge in [-0.3, -0.25) is 0 Å². The van der Waals surface area contributed by atoms with E-state index in [1.54, 1.807) is 6.92 Å². The summed E-state index contributed by atoms with van der Waals surface area (Å²) >= 11 is 0. The van der Waals surface area contributed by atoms with Gasteiger partial charge in [0.2, 0.25) is 0 Å². The molecule has 102 valence electrons. The number of halogens is 4. The fourth-order valence-electron chi connectivity index (χ4n) is 1.89. The normalized spacial score (nSPS) is 15.5. The maximum atomic E-state index is 13.3. The van der Waals surface area contributed by atoms with Crippen molar-refractivity contribution >= 4 is 0 Å². The number of aliphatic hydroxyl groups excluding tert-OH is 1. The Morgan fingerprint density at radius 3 is 2.33 bits per heavy atom.